The highest BCUT2D eigenvalue weighted by Gasteiger charge is 2.51. The number of thioether (sulfide) groups is 1. The summed E-state index contributed by atoms with van der Waals surface area (Å²) in [4.78, 5) is 31.2. The predicted octanol–water partition coefficient (Wildman–Crippen LogP) is 3.41. The van der Waals surface area contributed by atoms with E-state index >= 15 is 0 Å². The number of hydrogen-bond donors (Lipinski definition) is 1. The molecule has 3 fully saturated rings. The maximum Gasteiger partial charge on any atom is 0.410 e. The third-order valence-electron chi connectivity index (χ3n) is 6.60. The Morgan fingerprint density at radius 3 is 2.70 bits per heavy atom. The summed E-state index contributed by atoms with van der Waals surface area (Å²) in [5.74, 6) is 1.65. The van der Waals surface area contributed by atoms with Crippen molar-refractivity contribution in [3.05, 3.63) is 0 Å². The zero-order chi connectivity index (χ0) is 19.4. The average Bonchev–Trinajstić information content (AvgIpc) is 3.31. The van der Waals surface area contributed by atoms with Gasteiger partial charge < -0.3 is 15.0 Å². The molecule has 3 unspecified atom stereocenters. The zero-order valence-corrected chi connectivity index (χ0v) is 17.6. The van der Waals surface area contributed by atoms with Crippen LogP contribution in [-0.2, 0) is 9.53 Å². The van der Waals surface area contributed by atoms with Crippen molar-refractivity contribution in [3.8, 4) is 0 Å². The molecule has 4 rings (SSSR count). The molecule has 2 heterocycles. The first kappa shape index (κ1) is 19.1. The Hall–Kier alpha value is -1.24. The van der Waals surface area contributed by atoms with Crippen molar-refractivity contribution < 1.29 is 14.3 Å². The van der Waals surface area contributed by atoms with Crippen molar-refractivity contribution in [2.45, 2.75) is 76.2 Å². The van der Waals surface area contributed by atoms with Crippen LogP contribution < -0.4 is 5.32 Å². The molecule has 2 bridgehead atoms. The van der Waals surface area contributed by atoms with Gasteiger partial charge in [-0.2, -0.15) is 4.99 Å². The lowest BCUT2D eigenvalue weighted by atomic mass is 9.91. The van der Waals surface area contributed by atoms with E-state index in [1.807, 2.05) is 27.7 Å². The van der Waals surface area contributed by atoms with Gasteiger partial charge in [0.1, 0.15) is 10.3 Å². The van der Waals surface area contributed by atoms with E-state index in [1.54, 1.807) is 16.7 Å². The number of fused-ring (bicyclic) bond motifs is 2. The van der Waals surface area contributed by atoms with Crippen molar-refractivity contribution in [1.82, 2.24) is 10.2 Å². The number of aliphatic imine (C=N–C) groups is 1. The highest BCUT2D eigenvalue weighted by molar-refractivity contribution is 8.16. The normalized spacial score (nSPS) is 38.4. The number of rotatable bonds is 2. The first-order valence-electron chi connectivity index (χ1n) is 10.2. The summed E-state index contributed by atoms with van der Waals surface area (Å²) >= 11 is 1.57. The summed E-state index contributed by atoms with van der Waals surface area (Å²) in [5, 5.41) is 4.36. The fraction of sp³-hybridized carbons (Fsp3) is 0.850. The molecule has 6 nitrogen and oxygen atoms in total. The SMILES string of the molecule is CC(C)(C)OC(=O)N1CCC(C2(C)SC(N[C@H]3C[C@@H]4CCC3C4)=NC2=O)C1. The molecule has 1 saturated heterocycles. The summed E-state index contributed by atoms with van der Waals surface area (Å²) in [5.41, 5.74) is -0.502. The van der Waals surface area contributed by atoms with E-state index in [9.17, 15) is 9.59 Å². The van der Waals surface area contributed by atoms with Crippen molar-refractivity contribution in [2.75, 3.05) is 13.1 Å². The second-order valence-electron chi connectivity index (χ2n) is 9.77. The van der Waals surface area contributed by atoms with Gasteiger partial charge in [0.05, 0.1) is 0 Å². The van der Waals surface area contributed by atoms with E-state index in [4.69, 9.17) is 4.74 Å². The van der Waals surface area contributed by atoms with Crippen LogP contribution in [0.15, 0.2) is 4.99 Å². The molecule has 1 N–H and O–H groups in total. The number of amidine groups is 1. The van der Waals surface area contributed by atoms with Crippen LogP contribution in [0.3, 0.4) is 0 Å². The second kappa shape index (κ2) is 6.68. The lowest BCUT2D eigenvalue weighted by Gasteiger charge is -2.29. The Morgan fingerprint density at radius 2 is 2.07 bits per heavy atom. The largest absolute Gasteiger partial charge is 0.444 e. The topological polar surface area (TPSA) is 71.0 Å². The van der Waals surface area contributed by atoms with Crippen molar-refractivity contribution in [2.24, 2.45) is 22.7 Å². The summed E-state index contributed by atoms with van der Waals surface area (Å²) in [6.07, 6.45) is 5.73. The van der Waals surface area contributed by atoms with Gasteiger partial charge in [-0.1, -0.05) is 18.2 Å². The highest BCUT2D eigenvalue weighted by Crippen LogP contribution is 2.47. The van der Waals surface area contributed by atoms with Crippen molar-refractivity contribution in [1.29, 1.82) is 0 Å². The smallest absolute Gasteiger partial charge is 0.410 e. The van der Waals surface area contributed by atoms with E-state index in [1.165, 1.54) is 25.7 Å². The van der Waals surface area contributed by atoms with Crippen LogP contribution >= 0.6 is 11.8 Å². The molecule has 2 aliphatic carbocycles. The molecule has 5 atom stereocenters. The Morgan fingerprint density at radius 1 is 1.30 bits per heavy atom. The van der Waals surface area contributed by atoms with Gasteiger partial charge in [-0.15, -0.1) is 0 Å². The first-order valence-corrected chi connectivity index (χ1v) is 11.0. The summed E-state index contributed by atoms with van der Waals surface area (Å²) in [6.45, 7) is 8.80. The summed E-state index contributed by atoms with van der Waals surface area (Å²) in [7, 11) is 0. The molecule has 0 aromatic heterocycles. The minimum atomic E-state index is -0.587. The molecule has 0 radical (unpaired) electrons. The summed E-state index contributed by atoms with van der Waals surface area (Å²) < 4.78 is 4.90. The fourth-order valence-corrected chi connectivity index (χ4v) is 6.31. The minimum Gasteiger partial charge on any atom is -0.444 e. The van der Waals surface area contributed by atoms with E-state index < -0.39 is 10.3 Å². The fourth-order valence-electron chi connectivity index (χ4n) is 5.07. The average molecular weight is 394 g/mol. The standard InChI is InChI=1S/C20H31N3O3S/c1-19(2,3)26-18(25)23-8-7-14(11-23)20(4)16(24)22-17(27-20)21-15-10-12-5-6-13(15)9-12/h12-15H,5-11H2,1-4H3,(H,21,22,24)/t12-,13?,14?,15+,20?/m1/s1. The van der Waals surface area contributed by atoms with Crippen LogP contribution in [0.25, 0.3) is 0 Å². The lowest BCUT2D eigenvalue weighted by molar-refractivity contribution is -0.120. The monoisotopic (exact) mass is 393 g/mol. The number of hydrogen-bond acceptors (Lipinski definition) is 5. The molecule has 2 saturated carbocycles. The summed E-state index contributed by atoms with van der Waals surface area (Å²) in [6, 6.07) is 0.479. The minimum absolute atomic E-state index is 0.0609. The molecule has 2 amide bonds. The predicted molar refractivity (Wildman–Crippen MR) is 107 cm³/mol. The molecule has 27 heavy (non-hydrogen) atoms. The Labute approximate surface area is 165 Å². The van der Waals surface area contributed by atoms with E-state index in [2.05, 4.69) is 10.3 Å². The lowest BCUT2D eigenvalue weighted by Crippen LogP contribution is -2.41. The Bertz CT molecular complexity index is 674. The molecular weight excluding hydrogens is 362 g/mol. The maximum absolute atomic E-state index is 12.7. The number of nitrogens with zero attached hydrogens (tertiary/aromatic N) is 2. The van der Waals surface area contributed by atoms with Crippen molar-refractivity contribution >= 4 is 28.9 Å². The van der Waals surface area contributed by atoms with Gasteiger partial charge in [-0.3, -0.25) is 4.79 Å². The number of ether oxygens (including phenoxy) is 1. The van der Waals surface area contributed by atoms with Crippen LogP contribution in [0.5, 0.6) is 0 Å². The quantitative estimate of drug-likeness (QED) is 0.778. The van der Waals surface area contributed by atoms with Crippen LogP contribution in [0.4, 0.5) is 4.79 Å². The Kier molecular flexibility index (Phi) is 4.72. The van der Waals surface area contributed by atoms with Gasteiger partial charge >= 0.3 is 6.09 Å². The van der Waals surface area contributed by atoms with Crippen LogP contribution in [-0.4, -0.2) is 51.5 Å². The molecular formula is C20H31N3O3S. The van der Waals surface area contributed by atoms with E-state index in [0.29, 0.717) is 19.1 Å². The zero-order valence-electron chi connectivity index (χ0n) is 16.8. The molecule has 0 spiro atoms. The molecule has 7 heteroatoms. The maximum atomic E-state index is 12.7. The number of carbonyl (C=O) groups excluding carboxylic acids is 2. The second-order valence-corrected chi connectivity index (χ2v) is 11.2. The molecule has 150 valence electrons. The number of amides is 2. The number of likely N-dealkylation sites (tertiary alicyclic amines) is 1. The van der Waals surface area contributed by atoms with Crippen molar-refractivity contribution in [3.63, 3.8) is 0 Å². The van der Waals surface area contributed by atoms with Gasteiger partial charge in [0.2, 0.25) is 0 Å². The van der Waals surface area contributed by atoms with E-state index in [0.717, 1.165) is 23.4 Å². The highest BCUT2D eigenvalue weighted by atomic mass is 32.2. The van der Waals surface area contributed by atoms with Gasteiger partial charge in [0, 0.05) is 25.0 Å². The number of carbonyl (C=O) groups is 2. The molecule has 2 aliphatic heterocycles. The third kappa shape index (κ3) is 3.71. The van der Waals surface area contributed by atoms with Crippen LogP contribution in [0, 0.1) is 17.8 Å². The first-order chi connectivity index (χ1) is 12.6. The molecule has 4 aliphatic rings. The van der Waals surface area contributed by atoms with Gasteiger partial charge in [-0.05, 0) is 65.2 Å². The van der Waals surface area contributed by atoms with Gasteiger partial charge in [0.25, 0.3) is 5.91 Å². The van der Waals surface area contributed by atoms with Crippen LogP contribution in [0.1, 0.15) is 59.8 Å². The van der Waals surface area contributed by atoms with Gasteiger partial charge in [0.15, 0.2) is 5.17 Å². The van der Waals surface area contributed by atoms with Crippen LogP contribution in [0.2, 0.25) is 0 Å². The third-order valence-corrected chi connectivity index (χ3v) is 7.94. The molecule has 0 aromatic rings. The van der Waals surface area contributed by atoms with Gasteiger partial charge in [-0.25, -0.2) is 4.79 Å². The molecule has 0 aromatic carbocycles. The van der Waals surface area contributed by atoms with E-state index in [-0.39, 0.29) is 17.9 Å². The number of nitrogens with one attached hydrogen (secondary N) is 1. The Balaban J connectivity index is 1.35.